The molecule has 0 radical (unpaired) electrons. The molecule has 0 saturated carbocycles. The zero-order chi connectivity index (χ0) is 38.7. The molecule has 4 aromatic carbocycles. The maximum Gasteiger partial charge on any atom is 0.338 e. The number of ether oxygens (including phenoxy) is 8. The predicted octanol–water partition coefficient (Wildman–Crippen LogP) is 5.61. The van der Waals surface area contributed by atoms with E-state index in [1.807, 2.05) is 0 Å². The highest BCUT2D eigenvalue weighted by Gasteiger charge is 2.53. The fourth-order valence-electron chi connectivity index (χ4n) is 5.36. The van der Waals surface area contributed by atoms with Crippen LogP contribution in [0.4, 0.5) is 0 Å². The zero-order valence-electron chi connectivity index (χ0n) is 29.6. The van der Waals surface area contributed by atoms with Crippen LogP contribution in [0.1, 0.15) is 41.4 Å². The van der Waals surface area contributed by atoms with Crippen LogP contribution in [0, 0.1) is 0 Å². The Morgan fingerprint density at radius 3 is 1.45 bits per heavy atom. The molecule has 4 aromatic rings. The first-order valence-electron chi connectivity index (χ1n) is 17.4. The second-order valence-corrected chi connectivity index (χ2v) is 11.8. The number of hydrogen-bond donors (Lipinski definition) is 0. The lowest BCUT2D eigenvalue weighted by atomic mass is 9.97. The van der Waals surface area contributed by atoms with Crippen LogP contribution in [0.25, 0.3) is 10.4 Å². The number of benzene rings is 4. The average Bonchev–Trinajstić information content (AvgIpc) is 3.23. The van der Waals surface area contributed by atoms with Crippen molar-refractivity contribution in [2.24, 2.45) is 5.11 Å². The van der Waals surface area contributed by atoms with Crippen LogP contribution in [-0.2, 0) is 37.9 Å². The van der Waals surface area contributed by atoms with E-state index in [-0.39, 0.29) is 61.8 Å². The molecule has 1 saturated heterocycles. The lowest BCUT2D eigenvalue weighted by molar-refractivity contribution is -0.299. The van der Waals surface area contributed by atoms with Crippen LogP contribution in [-0.4, -0.2) is 101 Å². The van der Waals surface area contributed by atoms with Crippen molar-refractivity contribution >= 4 is 23.9 Å². The Labute approximate surface area is 316 Å². The second-order valence-electron chi connectivity index (χ2n) is 11.8. The molecule has 0 aliphatic carbocycles. The van der Waals surface area contributed by atoms with Gasteiger partial charge in [-0.05, 0) is 54.1 Å². The van der Waals surface area contributed by atoms with E-state index in [1.165, 1.54) is 36.4 Å². The van der Waals surface area contributed by atoms with E-state index in [9.17, 15) is 19.2 Å². The summed E-state index contributed by atoms with van der Waals surface area (Å²) in [5.74, 6) is -3.13. The van der Waals surface area contributed by atoms with Gasteiger partial charge in [-0.25, -0.2) is 19.2 Å². The summed E-state index contributed by atoms with van der Waals surface area (Å²) in [4.78, 5) is 56.6. The van der Waals surface area contributed by atoms with Gasteiger partial charge in [-0.1, -0.05) is 77.9 Å². The highest BCUT2D eigenvalue weighted by molar-refractivity contribution is 5.91. The van der Waals surface area contributed by atoms with Crippen LogP contribution in [0.5, 0.6) is 0 Å². The molecular formula is C40H39N3O12. The molecule has 1 heterocycles. The standard InChI is InChI=1S/C40H39N3O12/c41-43-42-21-22-48-23-24-49-25-26-50-40-35(55-39(47)31-19-11-4-12-20-31)34(54-38(46)30-17-9-3-10-18-30)33(53-37(45)29-15-7-2-8-16-29)32(52-40)27-51-36(44)28-13-5-1-6-14-28/h1-20,32-35,40H,21-27H2/t32?,33-,34?,35?,40+/m1/s1. The Morgan fingerprint density at radius 2 is 0.964 bits per heavy atom. The number of esters is 4. The average molecular weight is 754 g/mol. The highest BCUT2D eigenvalue weighted by Crippen LogP contribution is 2.32. The third-order valence-corrected chi connectivity index (χ3v) is 8.02. The lowest BCUT2D eigenvalue weighted by Crippen LogP contribution is -2.63. The van der Waals surface area contributed by atoms with Crippen LogP contribution >= 0.6 is 0 Å². The number of hydrogen-bond acceptors (Lipinski definition) is 13. The zero-order valence-corrected chi connectivity index (χ0v) is 29.6. The summed E-state index contributed by atoms with van der Waals surface area (Å²) in [6.07, 6.45) is -7.29. The molecule has 15 heteroatoms. The second kappa shape index (κ2) is 21.6. The number of nitrogens with zero attached hydrogens (tertiary/aromatic N) is 3. The first kappa shape index (κ1) is 40.1. The van der Waals surface area contributed by atoms with Crippen molar-refractivity contribution in [3.63, 3.8) is 0 Å². The quantitative estimate of drug-likeness (QED) is 0.0288. The first-order valence-corrected chi connectivity index (χ1v) is 17.4. The summed E-state index contributed by atoms with van der Waals surface area (Å²) in [6, 6.07) is 32.5. The third kappa shape index (κ3) is 12.2. The lowest BCUT2D eigenvalue weighted by Gasteiger charge is -2.44. The van der Waals surface area contributed by atoms with Gasteiger partial charge in [0, 0.05) is 11.5 Å². The molecule has 3 unspecified atom stereocenters. The summed E-state index contributed by atoms with van der Waals surface area (Å²) < 4.78 is 47.0. The van der Waals surface area contributed by atoms with Crippen molar-refractivity contribution in [1.82, 2.24) is 0 Å². The van der Waals surface area contributed by atoms with Crippen molar-refractivity contribution < 1.29 is 57.1 Å². The maximum absolute atomic E-state index is 13.7. The molecule has 1 aliphatic rings. The van der Waals surface area contributed by atoms with Crippen molar-refractivity contribution in [2.45, 2.75) is 30.7 Å². The van der Waals surface area contributed by atoms with Crippen LogP contribution in [0.2, 0.25) is 0 Å². The van der Waals surface area contributed by atoms with Crippen molar-refractivity contribution in [1.29, 1.82) is 0 Å². The minimum atomic E-state index is -1.54. The van der Waals surface area contributed by atoms with E-state index in [4.69, 9.17) is 43.4 Å². The molecule has 5 rings (SSSR count). The van der Waals surface area contributed by atoms with E-state index in [0.717, 1.165) is 0 Å². The molecule has 0 bridgehead atoms. The van der Waals surface area contributed by atoms with Crippen molar-refractivity contribution in [2.75, 3.05) is 46.2 Å². The number of carbonyl (C=O) groups excluding carboxylic acids is 4. The summed E-state index contributed by atoms with van der Waals surface area (Å²) in [7, 11) is 0. The van der Waals surface area contributed by atoms with Gasteiger partial charge in [-0.15, -0.1) is 0 Å². The summed E-state index contributed by atoms with van der Waals surface area (Å²) in [5, 5.41) is 3.40. The van der Waals surface area contributed by atoms with Crippen LogP contribution in [0.3, 0.4) is 0 Å². The number of azide groups is 1. The molecule has 0 aromatic heterocycles. The number of rotatable bonds is 19. The molecule has 0 N–H and O–H groups in total. The van der Waals surface area contributed by atoms with E-state index in [2.05, 4.69) is 10.0 Å². The molecule has 0 amide bonds. The molecule has 5 atom stereocenters. The van der Waals surface area contributed by atoms with Gasteiger partial charge in [-0.2, -0.15) is 0 Å². The van der Waals surface area contributed by atoms with Gasteiger partial charge in [0.1, 0.15) is 12.7 Å². The Balaban J connectivity index is 1.45. The molecule has 1 fully saturated rings. The van der Waals surface area contributed by atoms with Gasteiger partial charge in [0.05, 0.1) is 55.3 Å². The van der Waals surface area contributed by atoms with Gasteiger partial charge in [0.2, 0.25) is 0 Å². The van der Waals surface area contributed by atoms with Gasteiger partial charge < -0.3 is 37.9 Å². The molecule has 15 nitrogen and oxygen atoms in total. The number of carbonyl (C=O) groups is 4. The highest BCUT2D eigenvalue weighted by atomic mass is 16.7. The van der Waals surface area contributed by atoms with E-state index in [0.29, 0.717) is 0 Å². The van der Waals surface area contributed by atoms with Crippen molar-refractivity contribution in [3.8, 4) is 0 Å². The molecular weight excluding hydrogens is 714 g/mol. The van der Waals surface area contributed by atoms with Gasteiger partial charge in [0.25, 0.3) is 0 Å². The predicted molar refractivity (Wildman–Crippen MR) is 194 cm³/mol. The summed E-state index contributed by atoms with van der Waals surface area (Å²) >= 11 is 0. The summed E-state index contributed by atoms with van der Waals surface area (Å²) in [5.41, 5.74) is 9.15. The summed E-state index contributed by atoms with van der Waals surface area (Å²) in [6.45, 7) is 0.262. The minimum absolute atomic E-state index is 0.0352. The Hall–Kier alpha value is -6.09. The fourth-order valence-corrected chi connectivity index (χ4v) is 5.36. The van der Waals surface area contributed by atoms with Crippen LogP contribution < -0.4 is 0 Å². The monoisotopic (exact) mass is 753 g/mol. The Kier molecular flexibility index (Phi) is 15.7. The van der Waals surface area contributed by atoms with Gasteiger partial charge in [-0.3, -0.25) is 0 Å². The van der Waals surface area contributed by atoms with Crippen molar-refractivity contribution in [3.05, 3.63) is 154 Å². The SMILES string of the molecule is [N-]=[N+]=NCCOCCOCCO[C@H]1OC(COC(=O)c2ccccc2)[C@@H](OC(=O)c2ccccc2)C(OC(=O)c2ccccc2)C1OC(=O)c1ccccc1. The Morgan fingerprint density at radius 1 is 0.545 bits per heavy atom. The maximum atomic E-state index is 13.7. The van der Waals surface area contributed by atoms with E-state index < -0.39 is 61.2 Å². The minimum Gasteiger partial charge on any atom is -0.459 e. The van der Waals surface area contributed by atoms with E-state index in [1.54, 1.807) is 84.9 Å². The normalized spacial score (nSPS) is 18.9. The molecule has 1 aliphatic heterocycles. The topological polar surface area (TPSA) is 191 Å². The first-order chi connectivity index (χ1) is 26.9. The Bertz CT molecular complexity index is 1860. The third-order valence-electron chi connectivity index (χ3n) is 8.02. The molecule has 55 heavy (non-hydrogen) atoms. The molecule has 286 valence electrons. The largest absolute Gasteiger partial charge is 0.459 e. The van der Waals surface area contributed by atoms with Gasteiger partial charge in [0.15, 0.2) is 24.6 Å². The fraction of sp³-hybridized carbons (Fsp3) is 0.300. The molecule has 0 spiro atoms. The van der Waals surface area contributed by atoms with Gasteiger partial charge >= 0.3 is 23.9 Å². The smallest absolute Gasteiger partial charge is 0.338 e. The van der Waals surface area contributed by atoms with Crippen LogP contribution in [0.15, 0.2) is 126 Å². The van der Waals surface area contributed by atoms with E-state index >= 15 is 0 Å².